The SMILES string of the molecule is COc1ccc(C)cc1NC(=O)C(C)Sc1nnnn1-c1ccc(C)c(C)c1. The molecule has 1 aromatic heterocycles. The Morgan fingerprint density at radius 3 is 2.64 bits per heavy atom. The number of rotatable bonds is 6. The van der Waals surface area contributed by atoms with Gasteiger partial charge in [0.2, 0.25) is 11.1 Å². The Hall–Kier alpha value is -2.87. The number of ether oxygens (including phenoxy) is 1. The van der Waals surface area contributed by atoms with Gasteiger partial charge in [0.05, 0.1) is 23.7 Å². The fraction of sp³-hybridized carbons (Fsp3) is 0.300. The average molecular weight is 398 g/mol. The van der Waals surface area contributed by atoms with Gasteiger partial charge in [0.1, 0.15) is 5.75 Å². The van der Waals surface area contributed by atoms with E-state index in [0.29, 0.717) is 16.6 Å². The maximum Gasteiger partial charge on any atom is 0.237 e. The molecule has 28 heavy (non-hydrogen) atoms. The molecule has 0 aliphatic heterocycles. The molecule has 7 nitrogen and oxygen atoms in total. The van der Waals surface area contributed by atoms with E-state index in [1.807, 2.05) is 57.2 Å². The van der Waals surface area contributed by atoms with Crippen LogP contribution in [0.4, 0.5) is 5.69 Å². The molecular formula is C20H23N5O2S. The second-order valence-corrected chi connectivity index (χ2v) is 7.90. The van der Waals surface area contributed by atoms with Gasteiger partial charge in [0.25, 0.3) is 0 Å². The van der Waals surface area contributed by atoms with Gasteiger partial charge in [0.15, 0.2) is 0 Å². The number of nitrogens with one attached hydrogen (secondary N) is 1. The zero-order chi connectivity index (χ0) is 20.3. The third-order valence-corrected chi connectivity index (χ3v) is 5.47. The van der Waals surface area contributed by atoms with E-state index in [9.17, 15) is 4.79 Å². The summed E-state index contributed by atoms with van der Waals surface area (Å²) in [4.78, 5) is 12.7. The van der Waals surface area contributed by atoms with Gasteiger partial charge in [-0.1, -0.05) is 23.9 Å². The molecule has 0 saturated carbocycles. The van der Waals surface area contributed by atoms with Gasteiger partial charge in [-0.25, -0.2) is 0 Å². The Labute approximate surface area is 168 Å². The summed E-state index contributed by atoms with van der Waals surface area (Å²) in [6.07, 6.45) is 0. The van der Waals surface area contributed by atoms with Gasteiger partial charge in [-0.05, 0) is 79.1 Å². The van der Waals surface area contributed by atoms with E-state index in [2.05, 4.69) is 27.8 Å². The predicted octanol–water partition coefficient (Wildman–Crippen LogP) is 3.72. The predicted molar refractivity (Wildman–Crippen MR) is 110 cm³/mol. The molecule has 2 aromatic carbocycles. The molecule has 3 rings (SSSR count). The van der Waals surface area contributed by atoms with E-state index < -0.39 is 5.25 Å². The average Bonchev–Trinajstić information content (AvgIpc) is 3.12. The molecular weight excluding hydrogens is 374 g/mol. The molecule has 1 amide bonds. The molecule has 1 N–H and O–H groups in total. The van der Waals surface area contributed by atoms with Crippen LogP contribution in [0.1, 0.15) is 23.6 Å². The molecule has 0 aliphatic carbocycles. The highest BCUT2D eigenvalue weighted by Gasteiger charge is 2.20. The summed E-state index contributed by atoms with van der Waals surface area (Å²) in [5.74, 6) is 0.472. The van der Waals surface area contributed by atoms with Crippen LogP contribution in [0.15, 0.2) is 41.6 Å². The molecule has 0 fully saturated rings. The zero-order valence-corrected chi connectivity index (χ0v) is 17.4. The van der Waals surface area contributed by atoms with Gasteiger partial charge in [-0.2, -0.15) is 4.68 Å². The number of thioether (sulfide) groups is 1. The summed E-state index contributed by atoms with van der Waals surface area (Å²) in [5, 5.41) is 15.0. The Bertz CT molecular complexity index is 1000. The van der Waals surface area contributed by atoms with Crippen molar-refractivity contribution in [2.45, 2.75) is 38.1 Å². The Morgan fingerprint density at radius 1 is 1.14 bits per heavy atom. The molecule has 1 heterocycles. The first-order valence-corrected chi connectivity index (χ1v) is 9.75. The monoisotopic (exact) mass is 397 g/mol. The van der Waals surface area contributed by atoms with Gasteiger partial charge in [-0.3, -0.25) is 4.79 Å². The van der Waals surface area contributed by atoms with Crippen LogP contribution in [0, 0.1) is 20.8 Å². The summed E-state index contributed by atoms with van der Waals surface area (Å²) in [6.45, 7) is 7.88. The second-order valence-electron chi connectivity index (χ2n) is 6.59. The first kappa shape index (κ1) is 19.9. The van der Waals surface area contributed by atoms with E-state index in [0.717, 1.165) is 16.8 Å². The Balaban J connectivity index is 1.76. The number of amides is 1. The van der Waals surface area contributed by atoms with Crippen LogP contribution in [0.25, 0.3) is 5.69 Å². The standard InChI is InChI=1S/C20H23N5O2S/c1-12-6-9-18(27-5)17(10-12)21-19(26)15(4)28-20-22-23-24-25(20)16-8-7-13(2)14(3)11-16/h6-11,15H,1-5H3,(H,21,26). The number of methoxy groups -OCH3 is 1. The third kappa shape index (κ3) is 4.33. The Kier molecular flexibility index (Phi) is 5.99. The molecule has 8 heteroatoms. The number of hydrogen-bond donors (Lipinski definition) is 1. The number of anilines is 1. The number of tetrazole rings is 1. The summed E-state index contributed by atoms with van der Waals surface area (Å²) in [5.41, 5.74) is 4.90. The van der Waals surface area contributed by atoms with E-state index in [-0.39, 0.29) is 5.91 Å². The first-order chi connectivity index (χ1) is 13.4. The quantitative estimate of drug-likeness (QED) is 0.639. The van der Waals surface area contributed by atoms with Crippen LogP contribution < -0.4 is 10.1 Å². The van der Waals surface area contributed by atoms with E-state index >= 15 is 0 Å². The molecule has 0 bridgehead atoms. The van der Waals surface area contributed by atoms with Gasteiger partial charge in [-0.15, -0.1) is 5.10 Å². The molecule has 0 radical (unpaired) electrons. The summed E-state index contributed by atoms with van der Waals surface area (Å²) in [6, 6.07) is 11.7. The van der Waals surface area contributed by atoms with Crippen molar-refractivity contribution in [2.75, 3.05) is 12.4 Å². The van der Waals surface area contributed by atoms with Crippen LogP contribution in [0.3, 0.4) is 0 Å². The van der Waals surface area contributed by atoms with Crippen LogP contribution in [-0.4, -0.2) is 38.5 Å². The maximum absolute atomic E-state index is 12.7. The van der Waals surface area contributed by atoms with E-state index in [1.54, 1.807) is 11.8 Å². The lowest BCUT2D eigenvalue weighted by molar-refractivity contribution is -0.115. The number of hydrogen-bond acceptors (Lipinski definition) is 6. The van der Waals surface area contributed by atoms with Crippen molar-refractivity contribution < 1.29 is 9.53 Å². The number of benzene rings is 2. The van der Waals surface area contributed by atoms with Crippen molar-refractivity contribution in [2.24, 2.45) is 0 Å². The highest BCUT2D eigenvalue weighted by Crippen LogP contribution is 2.28. The smallest absolute Gasteiger partial charge is 0.237 e. The van der Waals surface area contributed by atoms with Crippen molar-refractivity contribution >= 4 is 23.4 Å². The number of carbonyl (C=O) groups is 1. The van der Waals surface area contributed by atoms with Crippen LogP contribution in [0.5, 0.6) is 5.75 Å². The van der Waals surface area contributed by atoms with Gasteiger partial charge < -0.3 is 10.1 Å². The molecule has 0 spiro atoms. The van der Waals surface area contributed by atoms with Gasteiger partial charge >= 0.3 is 0 Å². The molecule has 1 atom stereocenters. The first-order valence-electron chi connectivity index (χ1n) is 8.87. The fourth-order valence-electron chi connectivity index (χ4n) is 2.64. The highest BCUT2D eigenvalue weighted by atomic mass is 32.2. The number of aromatic nitrogens is 4. The normalized spacial score (nSPS) is 11.9. The van der Waals surface area contributed by atoms with Crippen LogP contribution in [-0.2, 0) is 4.79 Å². The molecule has 146 valence electrons. The molecule has 3 aromatic rings. The van der Waals surface area contributed by atoms with E-state index in [1.165, 1.54) is 17.3 Å². The lowest BCUT2D eigenvalue weighted by Gasteiger charge is -2.14. The van der Waals surface area contributed by atoms with Crippen molar-refractivity contribution in [3.8, 4) is 11.4 Å². The zero-order valence-electron chi connectivity index (χ0n) is 16.6. The lowest BCUT2D eigenvalue weighted by atomic mass is 10.1. The maximum atomic E-state index is 12.7. The highest BCUT2D eigenvalue weighted by molar-refractivity contribution is 8.00. The van der Waals surface area contributed by atoms with Crippen LogP contribution in [0.2, 0.25) is 0 Å². The minimum absolute atomic E-state index is 0.150. The van der Waals surface area contributed by atoms with Gasteiger partial charge in [0, 0.05) is 0 Å². The summed E-state index contributed by atoms with van der Waals surface area (Å²) in [7, 11) is 1.58. The second kappa shape index (κ2) is 8.43. The van der Waals surface area contributed by atoms with E-state index in [4.69, 9.17) is 4.74 Å². The lowest BCUT2D eigenvalue weighted by Crippen LogP contribution is -2.23. The number of nitrogens with zero attached hydrogens (tertiary/aromatic N) is 4. The minimum Gasteiger partial charge on any atom is -0.495 e. The van der Waals surface area contributed by atoms with Crippen molar-refractivity contribution in [3.05, 3.63) is 53.1 Å². The minimum atomic E-state index is -0.401. The largest absolute Gasteiger partial charge is 0.495 e. The molecule has 1 unspecified atom stereocenters. The summed E-state index contributed by atoms with van der Waals surface area (Å²) < 4.78 is 6.97. The molecule has 0 aliphatic rings. The number of carbonyl (C=O) groups excluding carboxylic acids is 1. The third-order valence-electron chi connectivity index (χ3n) is 4.44. The van der Waals surface area contributed by atoms with Crippen LogP contribution >= 0.6 is 11.8 Å². The molecule has 0 saturated heterocycles. The topological polar surface area (TPSA) is 81.9 Å². The fourth-order valence-corrected chi connectivity index (χ4v) is 3.44. The van der Waals surface area contributed by atoms with Crippen molar-refractivity contribution in [3.63, 3.8) is 0 Å². The summed E-state index contributed by atoms with van der Waals surface area (Å²) >= 11 is 1.30. The van der Waals surface area contributed by atoms with Crippen molar-refractivity contribution in [1.82, 2.24) is 20.2 Å². The number of aryl methyl sites for hydroxylation is 3. The van der Waals surface area contributed by atoms with Crippen molar-refractivity contribution in [1.29, 1.82) is 0 Å². The Morgan fingerprint density at radius 2 is 1.93 bits per heavy atom.